The van der Waals surface area contributed by atoms with Gasteiger partial charge in [-0.25, -0.2) is 0 Å². The van der Waals surface area contributed by atoms with Gasteiger partial charge < -0.3 is 9.47 Å². The van der Waals surface area contributed by atoms with Crippen molar-refractivity contribution in [2.75, 3.05) is 13.2 Å². The summed E-state index contributed by atoms with van der Waals surface area (Å²) >= 11 is 0. The summed E-state index contributed by atoms with van der Waals surface area (Å²) in [6, 6.07) is 15.7. The van der Waals surface area contributed by atoms with Crippen LogP contribution in [-0.4, -0.2) is 25.6 Å². The van der Waals surface area contributed by atoms with Gasteiger partial charge >= 0.3 is 0 Å². The van der Waals surface area contributed by atoms with Crippen molar-refractivity contribution < 1.29 is 9.47 Å². The largest absolute Gasteiger partial charge is 0.494 e. The SMILES string of the molecule is CCCCOc1ccc(/C=N\N=C\c2ccc(OCCCC)cc2)cc1. The van der Waals surface area contributed by atoms with E-state index in [0.717, 1.165) is 61.5 Å². The first-order valence-electron chi connectivity index (χ1n) is 9.34. The van der Waals surface area contributed by atoms with Gasteiger partial charge in [0.05, 0.1) is 25.6 Å². The van der Waals surface area contributed by atoms with Gasteiger partial charge in [0, 0.05) is 0 Å². The zero-order valence-electron chi connectivity index (χ0n) is 15.7. The summed E-state index contributed by atoms with van der Waals surface area (Å²) in [5.41, 5.74) is 1.98. The van der Waals surface area contributed by atoms with Gasteiger partial charge in [0.1, 0.15) is 11.5 Å². The molecular formula is C22H28N2O2. The van der Waals surface area contributed by atoms with Crippen LogP contribution in [0.4, 0.5) is 0 Å². The third-order valence-electron chi connectivity index (χ3n) is 3.77. The minimum atomic E-state index is 0.761. The first-order valence-corrected chi connectivity index (χ1v) is 9.34. The van der Waals surface area contributed by atoms with Crippen LogP contribution in [0.25, 0.3) is 0 Å². The third-order valence-corrected chi connectivity index (χ3v) is 3.77. The molecule has 2 aromatic carbocycles. The van der Waals surface area contributed by atoms with Crippen LogP contribution >= 0.6 is 0 Å². The Hall–Kier alpha value is -2.62. The van der Waals surface area contributed by atoms with Crippen molar-refractivity contribution >= 4 is 12.4 Å². The molecule has 0 aliphatic heterocycles. The Morgan fingerprint density at radius 2 is 1.04 bits per heavy atom. The Balaban J connectivity index is 1.79. The maximum absolute atomic E-state index is 5.64. The van der Waals surface area contributed by atoms with E-state index in [1.165, 1.54) is 0 Å². The molecule has 0 unspecified atom stereocenters. The summed E-state index contributed by atoms with van der Waals surface area (Å²) in [6.07, 6.45) is 7.88. The zero-order valence-corrected chi connectivity index (χ0v) is 15.7. The second-order valence-corrected chi connectivity index (χ2v) is 6.03. The minimum absolute atomic E-state index is 0.761. The van der Waals surface area contributed by atoms with Crippen LogP contribution in [0.15, 0.2) is 58.7 Å². The molecule has 26 heavy (non-hydrogen) atoms. The number of unbranched alkanes of at least 4 members (excludes halogenated alkanes) is 2. The lowest BCUT2D eigenvalue weighted by atomic mass is 10.2. The minimum Gasteiger partial charge on any atom is -0.494 e. The fourth-order valence-corrected chi connectivity index (χ4v) is 2.17. The lowest BCUT2D eigenvalue weighted by molar-refractivity contribution is 0.309. The van der Waals surface area contributed by atoms with E-state index in [-0.39, 0.29) is 0 Å². The zero-order chi connectivity index (χ0) is 18.5. The van der Waals surface area contributed by atoms with Crippen molar-refractivity contribution in [2.45, 2.75) is 39.5 Å². The molecule has 138 valence electrons. The number of nitrogens with zero attached hydrogens (tertiary/aromatic N) is 2. The highest BCUT2D eigenvalue weighted by Crippen LogP contribution is 2.13. The fourth-order valence-electron chi connectivity index (χ4n) is 2.17. The Morgan fingerprint density at radius 3 is 1.38 bits per heavy atom. The van der Waals surface area contributed by atoms with E-state index in [9.17, 15) is 0 Å². The van der Waals surface area contributed by atoms with Gasteiger partial charge in [0.2, 0.25) is 0 Å². The Morgan fingerprint density at radius 1 is 0.654 bits per heavy atom. The molecule has 0 N–H and O–H groups in total. The molecule has 4 heteroatoms. The van der Waals surface area contributed by atoms with E-state index in [1.54, 1.807) is 12.4 Å². The molecule has 0 spiro atoms. The molecular weight excluding hydrogens is 324 g/mol. The summed E-state index contributed by atoms with van der Waals surface area (Å²) in [4.78, 5) is 0. The van der Waals surface area contributed by atoms with Crippen molar-refractivity contribution in [3.05, 3.63) is 59.7 Å². The number of rotatable bonds is 11. The van der Waals surface area contributed by atoms with Gasteiger partial charge in [0.15, 0.2) is 0 Å². The van der Waals surface area contributed by atoms with Crippen molar-refractivity contribution in [1.82, 2.24) is 0 Å². The standard InChI is InChI=1S/C22H28N2O2/c1-3-5-15-25-21-11-7-19(8-12-21)17-23-24-18-20-9-13-22(14-10-20)26-16-6-4-2/h7-14,17-18H,3-6,15-16H2,1-2H3/b23-17-,24-18+. The summed E-state index contributed by atoms with van der Waals surface area (Å²) in [5.74, 6) is 1.78. The van der Waals surface area contributed by atoms with E-state index in [0.29, 0.717) is 0 Å². The summed E-state index contributed by atoms with van der Waals surface area (Å²) < 4.78 is 11.3. The van der Waals surface area contributed by atoms with Crippen LogP contribution in [0, 0.1) is 0 Å². The van der Waals surface area contributed by atoms with Crippen LogP contribution in [0.3, 0.4) is 0 Å². The molecule has 0 saturated carbocycles. The maximum Gasteiger partial charge on any atom is 0.119 e. The van der Waals surface area contributed by atoms with E-state index in [2.05, 4.69) is 24.1 Å². The number of benzene rings is 2. The lowest BCUT2D eigenvalue weighted by Gasteiger charge is -2.04. The molecule has 0 saturated heterocycles. The number of ether oxygens (including phenoxy) is 2. The molecule has 0 aliphatic carbocycles. The molecule has 4 nitrogen and oxygen atoms in total. The first kappa shape index (κ1) is 19.7. The van der Waals surface area contributed by atoms with Crippen molar-refractivity contribution in [2.24, 2.45) is 10.2 Å². The lowest BCUT2D eigenvalue weighted by Crippen LogP contribution is -1.96. The van der Waals surface area contributed by atoms with Crippen molar-refractivity contribution in [1.29, 1.82) is 0 Å². The van der Waals surface area contributed by atoms with Crippen LogP contribution in [0.2, 0.25) is 0 Å². The van der Waals surface area contributed by atoms with Crippen LogP contribution in [0.5, 0.6) is 11.5 Å². The van der Waals surface area contributed by atoms with E-state index >= 15 is 0 Å². The van der Waals surface area contributed by atoms with Crippen molar-refractivity contribution in [3.63, 3.8) is 0 Å². The normalized spacial score (nSPS) is 11.3. The molecule has 2 rings (SSSR count). The molecule has 0 bridgehead atoms. The Kier molecular flexibility index (Phi) is 8.98. The molecule has 2 aromatic rings. The molecule has 0 aromatic heterocycles. The van der Waals surface area contributed by atoms with Crippen LogP contribution < -0.4 is 9.47 Å². The average molecular weight is 352 g/mol. The highest BCUT2D eigenvalue weighted by molar-refractivity contribution is 5.82. The van der Waals surface area contributed by atoms with E-state index in [4.69, 9.17) is 9.47 Å². The second kappa shape index (κ2) is 11.9. The Labute approximate surface area is 156 Å². The predicted octanol–water partition coefficient (Wildman–Crippen LogP) is 5.50. The summed E-state index contributed by atoms with van der Waals surface area (Å²) in [6.45, 7) is 5.83. The smallest absolute Gasteiger partial charge is 0.119 e. The van der Waals surface area contributed by atoms with E-state index < -0.39 is 0 Å². The van der Waals surface area contributed by atoms with Gasteiger partial charge in [-0.05, 0) is 72.5 Å². The maximum atomic E-state index is 5.64. The number of hydrogen-bond donors (Lipinski definition) is 0. The predicted molar refractivity (Wildman–Crippen MR) is 109 cm³/mol. The quantitative estimate of drug-likeness (QED) is 0.304. The molecule has 0 aliphatic rings. The third kappa shape index (κ3) is 7.51. The summed E-state index contributed by atoms with van der Waals surface area (Å²) in [5, 5.41) is 8.19. The second-order valence-electron chi connectivity index (χ2n) is 6.03. The molecule has 0 atom stereocenters. The van der Waals surface area contributed by atoms with Gasteiger partial charge in [-0.2, -0.15) is 10.2 Å². The first-order chi connectivity index (χ1) is 12.8. The molecule has 0 amide bonds. The monoisotopic (exact) mass is 352 g/mol. The fraction of sp³-hybridized carbons (Fsp3) is 0.364. The Bertz CT molecular complexity index is 615. The summed E-state index contributed by atoms with van der Waals surface area (Å²) in [7, 11) is 0. The van der Waals surface area contributed by atoms with E-state index in [1.807, 2.05) is 48.5 Å². The van der Waals surface area contributed by atoms with Crippen LogP contribution in [0.1, 0.15) is 50.7 Å². The average Bonchev–Trinajstić information content (AvgIpc) is 2.68. The van der Waals surface area contributed by atoms with Gasteiger partial charge in [0.25, 0.3) is 0 Å². The van der Waals surface area contributed by atoms with Gasteiger partial charge in [-0.3, -0.25) is 0 Å². The molecule has 0 fully saturated rings. The van der Waals surface area contributed by atoms with Gasteiger partial charge in [-0.1, -0.05) is 26.7 Å². The molecule has 0 radical (unpaired) electrons. The highest BCUT2D eigenvalue weighted by atomic mass is 16.5. The highest BCUT2D eigenvalue weighted by Gasteiger charge is 1.95. The topological polar surface area (TPSA) is 43.2 Å². The van der Waals surface area contributed by atoms with Crippen LogP contribution in [-0.2, 0) is 0 Å². The molecule has 0 heterocycles. The van der Waals surface area contributed by atoms with Gasteiger partial charge in [-0.15, -0.1) is 0 Å². The number of hydrogen-bond acceptors (Lipinski definition) is 4. The van der Waals surface area contributed by atoms with Crippen molar-refractivity contribution in [3.8, 4) is 11.5 Å².